The Kier molecular flexibility index (Phi) is 4.28. The second kappa shape index (κ2) is 5.22. The first-order chi connectivity index (χ1) is 9.36. The second-order valence-electron chi connectivity index (χ2n) is 7.54. The van der Waals surface area contributed by atoms with Crippen LogP contribution in [0.2, 0.25) is 0 Å². The second-order valence-corrected chi connectivity index (χ2v) is 7.54. The SMILES string of the molecule is CC1(C)OB(OCOB2OC(C)(C)C(C)(C)O2)OC1(C)C. The maximum absolute atomic E-state index is 5.70. The van der Waals surface area contributed by atoms with E-state index in [9.17, 15) is 0 Å². The van der Waals surface area contributed by atoms with Gasteiger partial charge in [0.05, 0.1) is 22.4 Å². The summed E-state index contributed by atoms with van der Waals surface area (Å²) in [6.07, 6.45) is 0. The summed E-state index contributed by atoms with van der Waals surface area (Å²) in [7, 11) is -1.50. The highest BCUT2D eigenvalue weighted by molar-refractivity contribution is 6.38. The van der Waals surface area contributed by atoms with Gasteiger partial charge in [0, 0.05) is 0 Å². The Hall–Kier alpha value is -0.110. The third-order valence-corrected chi connectivity index (χ3v) is 4.87. The fourth-order valence-corrected chi connectivity index (χ4v) is 1.86. The quantitative estimate of drug-likeness (QED) is 0.586. The van der Waals surface area contributed by atoms with Crippen molar-refractivity contribution < 1.29 is 27.9 Å². The summed E-state index contributed by atoms with van der Waals surface area (Å²) in [5, 5.41) is 0. The molecule has 2 saturated heterocycles. The molecule has 21 heavy (non-hydrogen) atoms. The zero-order chi connectivity index (χ0) is 16.1. The smallest absolute Gasteiger partial charge is 0.378 e. The minimum atomic E-state index is -0.752. The lowest BCUT2D eigenvalue weighted by Gasteiger charge is -2.31. The Morgan fingerprint density at radius 1 is 0.571 bits per heavy atom. The van der Waals surface area contributed by atoms with Gasteiger partial charge in [-0.1, -0.05) is 0 Å². The van der Waals surface area contributed by atoms with Gasteiger partial charge in [-0.15, -0.1) is 0 Å². The Morgan fingerprint density at radius 3 is 1.05 bits per heavy atom. The zero-order valence-electron chi connectivity index (χ0n) is 14.3. The van der Waals surface area contributed by atoms with E-state index in [1.54, 1.807) is 0 Å². The van der Waals surface area contributed by atoms with E-state index in [0.717, 1.165) is 0 Å². The largest absolute Gasteiger partial charge is 0.642 e. The van der Waals surface area contributed by atoms with E-state index in [1.807, 2.05) is 55.4 Å². The van der Waals surface area contributed by atoms with Crippen LogP contribution < -0.4 is 0 Å². The highest BCUT2D eigenvalue weighted by Crippen LogP contribution is 2.38. The van der Waals surface area contributed by atoms with Crippen molar-refractivity contribution in [1.82, 2.24) is 0 Å². The highest BCUT2D eigenvalue weighted by Gasteiger charge is 2.55. The predicted molar refractivity (Wildman–Crippen MR) is 79.2 cm³/mol. The van der Waals surface area contributed by atoms with Gasteiger partial charge in [0.1, 0.15) is 6.79 Å². The first-order valence-electron chi connectivity index (χ1n) is 7.31. The minimum Gasteiger partial charge on any atom is -0.378 e. The van der Waals surface area contributed by atoms with Crippen LogP contribution in [0.4, 0.5) is 0 Å². The molecule has 6 nitrogen and oxygen atoms in total. The van der Waals surface area contributed by atoms with E-state index < -0.39 is 37.0 Å². The molecule has 2 aliphatic heterocycles. The molecule has 2 aliphatic rings. The molecular weight excluding hydrogens is 274 g/mol. The molecule has 0 amide bonds. The normalized spacial score (nSPS) is 29.1. The molecule has 0 unspecified atom stereocenters. The topological polar surface area (TPSA) is 55.4 Å². The molecule has 0 atom stereocenters. The van der Waals surface area contributed by atoms with Gasteiger partial charge >= 0.3 is 14.6 Å². The van der Waals surface area contributed by atoms with Crippen molar-refractivity contribution in [3.05, 3.63) is 0 Å². The molecule has 0 N–H and O–H groups in total. The van der Waals surface area contributed by atoms with Crippen LogP contribution in [0, 0.1) is 0 Å². The first-order valence-corrected chi connectivity index (χ1v) is 7.31. The zero-order valence-corrected chi connectivity index (χ0v) is 14.3. The van der Waals surface area contributed by atoms with Crippen LogP contribution >= 0.6 is 0 Å². The van der Waals surface area contributed by atoms with Crippen LogP contribution in [0.3, 0.4) is 0 Å². The number of hydrogen-bond acceptors (Lipinski definition) is 6. The van der Waals surface area contributed by atoms with Gasteiger partial charge < -0.3 is 27.9 Å². The molecule has 0 aromatic rings. The number of rotatable bonds is 4. The molecule has 0 aliphatic carbocycles. The van der Waals surface area contributed by atoms with Crippen LogP contribution in [0.1, 0.15) is 55.4 Å². The highest BCUT2D eigenvalue weighted by atomic mass is 16.8. The predicted octanol–water partition coefficient (Wildman–Crippen LogP) is 2.15. The van der Waals surface area contributed by atoms with Crippen molar-refractivity contribution in [3.63, 3.8) is 0 Å². The van der Waals surface area contributed by atoms with Crippen LogP contribution in [-0.4, -0.2) is 43.8 Å². The fourth-order valence-electron chi connectivity index (χ4n) is 1.86. The van der Waals surface area contributed by atoms with Crippen LogP contribution in [0.5, 0.6) is 0 Å². The summed E-state index contributed by atoms with van der Waals surface area (Å²) in [5.74, 6) is 0. The lowest BCUT2D eigenvalue weighted by molar-refractivity contribution is 0.00578. The van der Waals surface area contributed by atoms with E-state index >= 15 is 0 Å². The standard InChI is InChI=1S/C13H26B2O6/c1-10(2)11(3,4)19-14(18-10)16-9-17-15-20-12(5,6)13(7,8)21-15/h9H2,1-8H3. The van der Waals surface area contributed by atoms with Crippen LogP contribution in [0.15, 0.2) is 0 Å². The van der Waals surface area contributed by atoms with E-state index in [4.69, 9.17) is 27.9 Å². The maximum Gasteiger partial charge on any atom is 0.642 e. The van der Waals surface area contributed by atoms with Crippen molar-refractivity contribution >= 4 is 14.6 Å². The van der Waals surface area contributed by atoms with Crippen molar-refractivity contribution in [2.24, 2.45) is 0 Å². The molecule has 2 heterocycles. The summed E-state index contributed by atoms with van der Waals surface area (Å²) < 4.78 is 33.7. The fraction of sp³-hybridized carbons (Fsp3) is 1.00. The summed E-state index contributed by atoms with van der Waals surface area (Å²) >= 11 is 0. The molecular formula is C13H26B2O6. The van der Waals surface area contributed by atoms with Gasteiger partial charge in [-0.2, -0.15) is 0 Å². The van der Waals surface area contributed by atoms with E-state index in [2.05, 4.69) is 0 Å². The van der Waals surface area contributed by atoms with Gasteiger partial charge in [-0.25, -0.2) is 0 Å². The molecule has 0 aromatic carbocycles. The van der Waals surface area contributed by atoms with E-state index in [0.29, 0.717) is 0 Å². The maximum atomic E-state index is 5.70. The van der Waals surface area contributed by atoms with Crippen LogP contribution in [-0.2, 0) is 27.9 Å². The average Bonchev–Trinajstić information content (AvgIpc) is 2.57. The summed E-state index contributed by atoms with van der Waals surface area (Å²) in [4.78, 5) is 0. The molecule has 120 valence electrons. The van der Waals surface area contributed by atoms with Crippen molar-refractivity contribution in [1.29, 1.82) is 0 Å². The van der Waals surface area contributed by atoms with Gasteiger partial charge in [-0.3, -0.25) is 0 Å². The molecule has 0 saturated carbocycles. The average molecular weight is 300 g/mol. The molecule has 0 spiro atoms. The Morgan fingerprint density at radius 2 is 0.810 bits per heavy atom. The third-order valence-electron chi connectivity index (χ3n) is 4.87. The molecule has 8 heteroatoms. The molecule has 2 fully saturated rings. The summed E-state index contributed by atoms with van der Waals surface area (Å²) in [6, 6.07) is 0. The summed E-state index contributed by atoms with van der Waals surface area (Å²) in [5.41, 5.74) is -1.71. The third kappa shape index (κ3) is 3.30. The lowest BCUT2D eigenvalue weighted by Crippen LogP contribution is -2.41. The Bertz CT molecular complexity index is 328. The van der Waals surface area contributed by atoms with Crippen LogP contribution in [0.25, 0.3) is 0 Å². The minimum absolute atomic E-state index is 0.0341. The van der Waals surface area contributed by atoms with Gasteiger partial charge in [0.15, 0.2) is 0 Å². The molecule has 2 rings (SSSR count). The monoisotopic (exact) mass is 300 g/mol. The molecule has 0 radical (unpaired) electrons. The number of hydrogen-bond donors (Lipinski definition) is 0. The van der Waals surface area contributed by atoms with Gasteiger partial charge in [-0.05, 0) is 55.4 Å². The van der Waals surface area contributed by atoms with E-state index in [-0.39, 0.29) is 6.79 Å². The van der Waals surface area contributed by atoms with Crippen molar-refractivity contribution in [2.75, 3.05) is 6.79 Å². The Labute approximate surface area is 128 Å². The molecule has 0 aromatic heterocycles. The van der Waals surface area contributed by atoms with Crippen molar-refractivity contribution in [3.8, 4) is 0 Å². The first kappa shape index (κ1) is 17.2. The molecule has 0 bridgehead atoms. The van der Waals surface area contributed by atoms with Gasteiger partial charge in [0.25, 0.3) is 0 Å². The van der Waals surface area contributed by atoms with E-state index in [1.165, 1.54) is 0 Å². The lowest BCUT2D eigenvalue weighted by atomic mass is 9.90. The summed E-state index contributed by atoms with van der Waals surface area (Å²) in [6.45, 7) is 15.7. The van der Waals surface area contributed by atoms with Crippen molar-refractivity contribution in [2.45, 2.75) is 77.8 Å². The Balaban J connectivity index is 1.77. The van der Waals surface area contributed by atoms with Gasteiger partial charge in [0.2, 0.25) is 0 Å².